The van der Waals surface area contributed by atoms with Crippen LogP contribution >= 0.6 is 0 Å². The van der Waals surface area contributed by atoms with Crippen LogP contribution in [0.4, 0.5) is 0 Å². The summed E-state index contributed by atoms with van der Waals surface area (Å²) < 4.78 is 7.94. The molecule has 2 heterocycles. The number of hydrogen-bond acceptors (Lipinski definition) is 3. The van der Waals surface area contributed by atoms with Gasteiger partial charge >= 0.3 is 0 Å². The molecule has 1 fully saturated rings. The Kier molecular flexibility index (Phi) is 4.78. The normalized spacial score (nSPS) is 21.7. The minimum atomic E-state index is 0.379. The maximum Gasteiger partial charge on any atom is 0.0952 e. The molecule has 4 heteroatoms. The first-order chi connectivity index (χ1) is 8.74. The third-order valence-electron chi connectivity index (χ3n) is 3.73. The molecule has 1 saturated heterocycles. The molecule has 0 saturated carbocycles. The number of ether oxygens (including phenoxy) is 1. The lowest BCUT2D eigenvalue weighted by Gasteiger charge is -2.26. The highest BCUT2D eigenvalue weighted by atomic mass is 16.5. The molecule has 1 N–H and O–H groups in total. The first-order valence-electron chi connectivity index (χ1n) is 7.06. The summed E-state index contributed by atoms with van der Waals surface area (Å²) in [6, 6.07) is 0.847. The van der Waals surface area contributed by atoms with Gasteiger partial charge < -0.3 is 14.6 Å². The molecule has 1 unspecified atom stereocenters. The molecule has 0 amide bonds. The zero-order valence-corrected chi connectivity index (χ0v) is 11.7. The molecular weight excluding hydrogens is 226 g/mol. The maximum absolute atomic E-state index is 5.63. The van der Waals surface area contributed by atoms with Gasteiger partial charge in [0.15, 0.2) is 0 Å². The molecule has 2 rings (SSSR count). The van der Waals surface area contributed by atoms with Gasteiger partial charge in [-0.1, -0.05) is 13.8 Å². The van der Waals surface area contributed by atoms with Crippen LogP contribution in [0.3, 0.4) is 0 Å². The fourth-order valence-corrected chi connectivity index (χ4v) is 2.63. The average Bonchev–Trinajstić information content (AvgIpc) is 2.99. The molecule has 0 spiro atoms. The molecule has 1 aromatic heterocycles. The predicted molar refractivity (Wildman–Crippen MR) is 72.6 cm³/mol. The van der Waals surface area contributed by atoms with E-state index in [4.69, 9.17) is 4.74 Å². The Labute approximate surface area is 110 Å². The van der Waals surface area contributed by atoms with Crippen LogP contribution in [0.5, 0.6) is 0 Å². The molecule has 0 aliphatic carbocycles. The summed E-state index contributed by atoms with van der Waals surface area (Å²) >= 11 is 0. The molecule has 1 aliphatic heterocycles. The van der Waals surface area contributed by atoms with Gasteiger partial charge in [-0.25, -0.2) is 4.98 Å². The van der Waals surface area contributed by atoms with E-state index in [2.05, 4.69) is 28.7 Å². The van der Waals surface area contributed by atoms with Crippen molar-refractivity contribution in [2.45, 2.75) is 45.7 Å². The van der Waals surface area contributed by atoms with E-state index in [0.29, 0.717) is 18.0 Å². The Bertz CT molecular complexity index is 356. The van der Waals surface area contributed by atoms with Crippen LogP contribution in [0.25, 0.3) is 0 Å². The summed E-state index contributed by atoms with van der Waals surface area (Å²) in [5.41, 5.74) is 1.31. The number of nitrogens with one attached hydrogen (secondary N) is 1. The Morgan fingerprint density at radius 3 is 3.00 bits per heavy atom. The SMILES string of the molecule is CCOCC(C(C)C)n1cncc1[C@@H]1CCCN1. The summed E-state index contributed by atoms with van der Waals surface area (Å²) in [6.07, 6.45) is 6.43. The third kappa shape index (κ3) is 2.93. The second kappa shape index (κ2) is 6.34. The van der Waals surface area contributed by atoms with Crippen LogP contribution in [-0.4, -0.2) is 29.3 Å². The average molecular weight is 251 g/mol. The van der Waals surface area contributed by atoms with Gasteiger partial charge in [0.05, 0.1) is 24.7 Å². The minimum absolute atomic E-state index is 0.379. The van der Waals surface area contributed by atoms with Crippen molar-refractivity contribution in [1.29, 1.82) is 0 Å². The van der Waals surface area contributed by atoms with Crippen molar-refractivity contribution in [1.82, 2.24) is 14.9 Å². The lowest BCUT2D eigenvalue weighted by Crippen LogP contribution is -2.25. The summed E-state index contributed by atoms with van der Waals surface area (Å²) in [5.74, 6) is 0.547. The fraction of sp³-hybridized carbons (Fsp3) is 0.786. The van der Waals surface area contributed by atoms with Gasteiger partial charge in [-0.3, -0.25) is 0 Å². The van der Waals surface area contributed by atoms with Crippen LogP contribution in [0.15, 0.2) is 12.5 Å². The molecule has 0 bridgehead atoms. The van der Waals surface area contributed by atoms with Crippen molar-refractivity contribution < 1.29 is 4.74 Å². The van der Waals surface area contributed by atoms with Gasteiger partial charge in [0.1, 0.15) is 0 Å². The third-order valence-corrected chi connectivity index (χ3v) is 3.73. The maximum atomic E-state index is 5.63. The van der Waals surface area contributed by atoms with E-state index in [9.17, 15) is 0 Å². The van der Waals surface area contributed by atoms with Crippen LogP contribution < -0.4 is 5.32 Å². The highest BCUT2D eigenvalue weighted by Gasteiger charge is 2.24. The Morgan fingerprint density at radius 1 is 1.56 bits per heavy atom. The van der Waals surface area contributed by atoms with Gasteiger partial charge in [-0.05, 0) is 32.2 Å². The van der Waals surface area contributed by atoms with Gasteiger partial charge in [-0.2, -0.15) is 0 Å². The Hall–Kier alpha value is -0.870. The van der Waals surface area contributed by atoms with E-state index in [1.807, 2.05) is 19.4 Å². The molecule has 102 valence electrons. The van der Waals surface area contributed by atoms with Crippen LogP contribution in [0.1, 0.15) is 51.4 Å². The summed E-state index contributed by atoms with van der Waals surface area (Å²) in [4.78, 5) is 4.35. The monoisotopic (exact) mass is 251 g/mol. The zero-order chi connectivity index (χ0) is 13.0. The molecule has 4 nitrogen and oxygen atoms in total. The molecule has 0 radical (unpaired) electrons. The van der Waals surface area contributed by atoms with Crippen LogP contribution in [-0.2, 0) is 4.74 Å². The number of aromatic nitrogens is 2. The predicted octanol–water partition coefficient (Wildman–Crippen LogP) is 2.54. The highest BCUT2D eigenvalue weighted by Crippen LogP contribution is 2.27. The molecule has 0 aromatic carbocycles. The van der Waals surface area contributed by atoms with Gasteiger partial charge in [0.25, 0.3) is 0 Å². The molecule has 18 heavy (non-hydrogen) atoms. The Morgan fingerprint density at radius 2 is 2.39 bits per heavy atom. The van der Waals surface area contributed by atoms with Gasteiger partial charge in [0, 0.05) is 18.8 Å². The zero-order valence-electron chi connectivity index (χ0n) is 11.7. The summed E-state index contributed by atoms with van der Waals surface area (Å²) in [7, 11) is 0. The number of hydrogen-bond donors (Lipinski definition) is 1. The van der Waals surface area contributed by atoms with Crippen molar-refractivity contribution >= 4 is 0 Å². The Balaban J connectivity index is 2.16. The number of imidazole rings is 1. The molecule has 2 atom stereocenters. The fourth-order valence-electron chi connectivity index (χ4n) is 2.63. The highest BCUT2D eigenvalue weighted by molar-refractivity contribution is 5.09. The summed E-state index contributed by atoms with van der Waals surface area (Å²) in [6.45, 7) is 9.20. The smallest absolute Gasteiger partial charge is 0.0952 e. The standard InChI is InChI=1S/C14H25N3O/c1-4-18-9-14(11(2)3)17-10-15-8-13(17)12-6-5-7-16-12/h8,10-12,14,16H,4-7,9H2,1-3H3/t12-,14?/m0/s1. The molecule has 1 aromatic rings. The van der Waals surface area contributed by atoms with E-state index >= 15 is 0 Å². The van der Waals surface area contributed by atoms with Crippen molar-refractivity contribution in [3.05, 3.63) is 18.2 Å². The van der Waals surface area contributed by atoms with Gasteiger partial charge in [-0.15, -0.1) is 0 Å². The van der Waals surface area contributed by atoms with Crippen molar-refractivity contribution in [2.24, 2.45) is 5.92 Å². The van der Waals surface area contributed by atoms with Crippen molar-refractivity contribution in [2.75, 3.05) is 19.8 Å². The van der Waals surface area contributed by atoms with Gasteiger partial charge in [0.2, 0.25) is 0 Å². The second-order valence-electron chi connectivity index (χ2n) is 5.35. The number of rotatable bonds is 6. The van der Waals surface area contributed by atoms with Crippen LogP contribution in [0.2, 0.25) is 0 Å². The summed E-state index contributed by atoms with van der Waals surface area (Å²) in [5, 5.41) is 3.55. The quantitative estimate of drug-likeness (QED) is 0.844. The van der Waals surface area contributed by atoms with Crippen molar-refractivity contribution in [3.8, 4) is 0 Å². The topological polar surface area (TPSA) is 39.1 Å². The first-order valence-corrected chi connectivity index (χ1v) is 7.06. The lowest BCUT2D eigenvalue weighted by molar-refractivity contribution is 0.0948. The van der Waals surface area contributed by atoms with Crippen molar-refractivity contribution in [3.63, 3.8) is 0 Å². The van der Waals surface area contributed by atoms with E-state index < -0.39 is 0 Å². The lowest BCUT2D eigenvalue weighted by atomic mass is 10.0. The molecule has 1 aliphatic rings. The second-order valence-corrected chi connectivity index (χ2v) is 5.35. The van der Waals surface area contributed by atoms with E-state index in [1.54, 1.807) is 0 Å². The van der Waals surface area contributed by atoms with E-state index in [0.717, 1.165) is 19.8 Å². The molecular formula is C14H25N3O. The largest absolute Gasteiger partial charge is 0.380 e. The first kappa shape index (κ1) is 13.6. The number of nitrogens with zero attached hydrogens (tertiary/aromatic N) is 2. The minimum Gasteiger partial charge on any atom is -0.380 e. The van der Waals surface area contributed by atoms with E-state index in [-0.39, 0.29) is 0 Å². The van der Waals surface area contributed by atoms with Crippen LogP contribution in [0, 0.1) is 5.92 Å². The van der Waals surface area contributed by atoms with E-state index in [1.165, 1.54) is 18.5 Å².